The summed E-state index contributed by atoms with van der Waals surface area (Å²) in [5.74, 6) is 0.754. The number of fused-ring (bicyclic) bond motifs is 1. The van der Waals surface area contributed by atoms with E-state index < -0.39 is 0 Å². The van der Waals surface area contributed by atoms with Crippen LogP contribution in [-0.4, -0.2) is 37.7 Å². The summed E-state index contributed by atoms with van der Waals surface area (Å²) in [6.07, 6.45) is 1.84. The van der Waals surface area contributed by atoms with Gasteiger partial charge in [0.15, 0.2) is 5.96 Å². The lowest BCUT2D eigenvalue weighted by atomic mass is 10.1. The van der Waals surface area contributed by atoms with Crippen molar-refractivity contribution in [3.63, 3.8) is 0 Å². The van der Waals surface area contributed by atoms with Crippen LogP contribution in [0.3, 0.4) is 0 Å². The molecule has 120 valence electrons. The van der Waals surface area contributed by atoms with Crippen molar-refractivity contribution in [1.29, 1.82) is 0 Å². The standard InChI is InChI=1S/C16H22N4O.HI/c1-3-21-11-10-19-16(17-2)20-12-15-14-7-5-4-6-13(14)8-9-18-15;/h4-9H,3,10-12H2,1-2H3,(H2,17,19,20);1H. The summed E-state index contributed by atoms with van der Waals surface area (Å²) in [5.41, 5.74) is 1.01. The molecule has 1 aromatic carbocycles. The quantitative estimate of drug-likeness (QED) is 0.330. The van der Waals surface area contributed by atoms with Crippen molar-refractivity contribution in [3.8, 4) is 0 Å². The first kappa shape index (κ1) is 18.6. The highest BCUT2D eigenvalue weighted by atomic mass is 127. The highest BCUT2D eigenvalue weighted by molar-refractivity contribution is 14.0. The first-order valence-electron chi connectivity index (χ1n) is 7.20. The Morgan fingerprint density at radius 1 is 1.23 bits per heavy atom. The Hall–Kier alpha value is -1.41. The van der Waals surface area contributed by atoms with Crippen LogP contribution < -0.4 is 10.6 Å². The zero-order chi connectivity index (χ0) is 14.9. The molecule has 22 heavy (non-hydrogen) atoms. The molecule has 0 atom stereocenters. The van der Waals surface area contributed by atoms with E-state index in [9.17, 15) is 0 Å². The summed E-state index contributed by atoms with van der Waals surface area (Å²) in [7, 11) is 1.76. The molecular weight excluding hydrogens is 391 g/mol. The smallest absolute Gasteiger partial charge is 0.191 e. The van der Waals surface area contributed by atoms with Gasteiger partial charge in [0, 0.05) is 31.8 Å². The zero-order valence-electron chi connectivity index (χ0n) is 13.0. The summed E-state index contributed by atoms with van der Waals surface area (Å²) in [6.45, 7) is 4.75. The van der Waals surface area contributed by atoms with Gasteiger partial charge in [-0.25, -0.2) is 0 Å². The monoisotopic (exact) mass is 414 g/mol. The highest BCUT2D eigenvalue weighted by Crippen LogP contribution is 2.15. The summed E-state index contributed by atoms with van der Waals surface area (Å²) in [6, 6.07) is 10.3. The molecule has 0 aliphatic heterocycles. The Morgan fingerprint density at radius 2 is 2.05 bits per heavy atom. The van der Waals surface area contributed by atoms with Crippen LogP contribution in [0.25, 0.3) is 10.8 Å². The molecule has 0 fully saturated rings. The van der Waals surface area contributed by atoms with Crippen molar-refractivity contribution >= 4 is 40.7 Å². The van der Waals surface area contributed by atoms with Crippen molar-refractivity contribution in [3.05, 3.63) is 42.2 Å². The molecule has 0 bridgehead atoms. The van der Waals surface area contributed by atoms with Gasteiger partial charge in [-0.15, -0.1) is 24.0 Å². The van der Waals surface area contributed by atoms with E-state index >= 15 is 0 Å². The average molecular weight is 414 g/mol. The number of hydrogen-bond acceptors (Lipinski definition) is 3. The van der Waals surface area contributed by atoms with Gasteiger partial charge in [0.1, 0.15) is 0 Å². The molecule has 1 heterocycles. The highest BCUT2D eigenvalue weighted by Gasteiger charge is 2.03. The second-order valence-electron chi connectivity index (χ2n) is 4.53. The van der Waals surface area contributed by atoms with Gasteiger partial charge >= 0.3 is 0 Å². The Bertz CT molecular complexity index is 598. The lowest BCUT2D eigenvalue weighted by Gasteiger charge is -2.12. The van der Waals surface area contributed by atoms with E-state index in [2.05, 4.69) is 32.7 Å². The number of ether oxygens (including phenoxy) is 1. The number of halogens is 1. The second-order valence-corrected chi connectivity index (χ2v) is 4.53. The number of aromatic nitrogens is 1. The number of pyridine rings is 1. The van der Waals surface area contributed by atoms with Gasteiger partial charge < -0.3 is 15.4 Å². The molecular formula is C16H23IN4O. The fourth-order valence-electron chi connectivity index (χ4n) is 2.10. The minimum atomic E-state index is 0. The van der Waals surface area contributed by atoms with Gasteiger partial charge in [0.2, 0.25) is 0 Å². The van der Waals surface area contributed by atoms with E-state index in [1.165, 1.54) is 5.39 Å². The van der Waals surface area contributed by atoms with E-state index in [0.29, 0.717) is 13.2 Å². The van der Waals surface area contributed by atoms with Gasteiger partial charge in [-0.3, -0.25) is 9.98 Å². The second kappa shape index (κ2) is 10.3. The van der Waals surface area contributed by atoms with Crippen LogP contribution in [0.4, 0.5) is 0 Å². The lowest BCUT2D eigenvalue weighted by molar-refractivity contribution is 0.152. The summed E-state index contributed by atoms with van der Waals surface area (Å²) in [5, 5.41) is 8.85. The van der Waals surface area contributed by atoms with Crippen LogP contribution >= 0.6 is 24.0 Å². The summed E-state index contributed by atoms with van der Waals surface area (Å²) in [4.78, 5) is 8.64. The molecule has 0 saturated carbocycles. The molecule has 0 aliphatic carbocycles. The van der Waals surface area contributed by atoms with E-state index in [0.717, 1.165) is 30.2 Å². The van der Waals surface area contributed by atoms with Crippen molar-refractivity contribution < 1.29 is 4.74 Å². The Kier molecular flexibility index (Phi) is 8.76. The maximum Gasteiger partial charge on any atom is 0.191 e. The van der Waals surface area contributed by atoms with Crippen LogP contribution in [0.2, 0.25) is 0 Å². The molecule has 2 N–H and O–H groups in total. The third kappa shape index (κ3) is 5.42. The molecule has 0 unspecified atom stereocenters. The molecule has 5 nitrogen and oxygen atoms in total. The maximum atomic E-state index is 5.29. The largest absolute Gasteiger partial charge is 0.380 e. The molecule has 6 heteroatoms. The topological polar surface area (TPSA) is 58.5 Å². The molecule has 2 aromatic rings. The van der Waals surface area contributed by atoms with Gasteiger partial charge in [0.05, 0.1) is 18.8 Å². The van der Waals surface area contributed by atoms with Crippen molar-refractivity contribution in [1.82, 2.24) is 15.6 Å². The Balaban J connectivity index is 0.00000242. The van der Waals surface area contributed by atoms with Crippen molar-refractivity contribution in [2.45, 2.75) is 13.5 Å². The summed E-state index contributed by atoms with van der Waals surface area (Å²) < 4.78 is 5.29. The van der Waals surface area contributed by atoms with Gasteiger partial charge in [-0.05, 0) is 18.4 Å². The first-order chi connectivity index (χ1) is 10.3. The van der Waals surface area contributed by atoms with E-state index in [1.54, 1.807) is 7.05 Å². The number of nitrogens with one attached hydrogen (secondary N) is 2. The number of hydrogen-bond donors (Lipinski definition) is 2. The van der Waals surface area contributed by atoms with E-state index in [-0.39, 0.29) is 24.0 Å². The molecule has 0 saturated heterocycles. The molecule has 0 amide bonds. The zero-order valence-corrected chi connectivity index (χ0v) is 15.3. The van der Waals surface area contributed by atoms with Gasteiger partial charge in [-0.2, -0.15) is 0 Å². The molecule has 0 spiro atoms. The van der Waals surface area contributed by atoms with Crippen molar-refractivity contribution in [2.24, 2.45) is 4.99 Å². The third-order valence-electron chi connectivity index (χ3n) is 3.15. The average Bonchev–Trinajstić information content (AvgIpc) is 2.54. The lowest BCUT2D eigenvalue weighted by Crippen LogP contribution is -2.38. The van der Waals surface area contributed by atoms with Gasteiger partial charge in [0.25, 0.3) is 0 Å². The third-order valence-corrected chi connectivity index (χ3v) is 3.15. The number of rotatable bonds is 6. The molecule has 0 radical (unpaired) electrons. The predicted molar refractivity (Wildman–Crippen MR) is 102 cm³/mol. The fourth-order valence-corrected chi connectivity index (χ4v) is 2.10. The normalized spacial score (nSPS) is 11.1. The maximum absolute atomic E-state index is 5.29. The Labute approximate surface area is 148 Å². The SMILES string of the molecule is CCOCCNC(=NC)NCc1nccc2ccccc12.I. The molecule has 0 aliphatic rings. The van der Waals surface area contributed by atoms with Crippen LogP contribution in [-0.2, 0) is 11.3 Å². The number of aliphatic imine (C=N–C) groups is 1. The number of benzene rings is 1. The predicted octanol–water partition coefficient (Wildman–Crippen LogP) is 2.55. The Morgan fingerprint density at radius 3 is 2.82 bits per heavy atom. The van der Waals surface area contributed by atoms with Crippen LogP contribution in [0.1, 0.15) is 12.6 Å². The van der Waals surface area contributed by atoms with E-state index in [1.807, 2.05) is 31.3 Å². The minimum Gasteiger partial charge on any atom is -0.380 e. The number of nitrogens with zero attached hydrogens (tertiary/aromatic N) is 2. The molecule has 1 aromatic heterocycles. The molecule has 2 rings (SSSR count). The van der Waals surface area contributed by atoms with Crippen LogP contribution in [0.15, 0.2) is 41.5 Å². The van der Waals surface area contributed by atoms with Crippen LogP contribution in [0.5, 0.6) is 0 Å². The number of guanidine groups is 1. The minimum absolute atomic E-state index is 0. The fraction of sp³-hybridized carbons (Fsp3) is 0.375. The van der Waals surface area contributed by atoms with E-state index in [4.69, 9.17) is 4.74 Å². The van der Waals surface area contributed by atoms with Crippen LogP contribution in [0, 0.1) is 0 Å². The first-order valence-corrected chi connectivity index (χ1v) is 7.20. The van der Waals surface area contributed by atoms with Crippen molar-refractivity contribution in [2.75, 3.05) is 26.8 Å². The van der Waals surface area contributed by atoms with Gasteiger partial charge in [-0.1, -0.05) is 24.3 Å². The summed E-state index contributed by atoms with van der Waals surface area (Å²) >= 11 is 0.